The molecule has 0 N–H and O–H groups in total. The van der Waals surface area contributed by atoms with Gasteiger partial charge >= 0.3 is 0 Å². The van der Waals surface area contributed by atoms with Crippen LogP contribution in [0.25, 0.3) is 10.2 Å². The molecular weight excluding hydrogens is 256 g/mol. The summed E-state index contributed by atoms with van der Waals surface area (Å²) in [5.41, 5.74) is 1.34. The summed E-state index contributed by atoms with van der Waals surface area (Å²) < 4.78 is 5.03. The second-order valence-electron chi connectivity index (χ2n) is 4.32. The molecule has 0 bridgehead atoms. The van der Waals surface area contributed by atoms with Gasteiger partial charge in [-0.05, 0) is 29.7 Å². The smallest absolute Gasteiger partial charge is 0.141 e. The van der Waals surface area contributed by atoms with Gasteiger partial charge < -0.3 is 4.74 Å². The van der Waals surface area contributed by atoms with Crippen molar-refractivity contribution in [1.82, 2.24) is 9.97 Å². The fourth-order valence-corrected chi connectivity index (χ4v) is 3.35. The van der Waals surface area contributed by atoms with Gasteiger partial charge in [0, 0.05) is 13.5 Å². The minimum Gasteiger partial charge on any atom is -0.384 e. The normalized spacial score (nSPS) is 15.6. The van der Waals surface area contributed by atoms with E-state index >= 15 is 0 Å². The third-order valence-electron chi connectivity index (χ3n) is 3.01. The third kappa shape index (κ3) is 2.17. The van der Waals surface area contributed by atoms with Crippen LogP contribution in [0.1, 0.15) is 30.1 Å². The SMILES string of the molecule is COCCc1nc(Cl)c2c(C3CC3)csc2n1. The lowest BCUT2D eigenvalue weighted by atomic mass is 10.1. The number of methoxy groups -OCH3 is 1. The van der Waals surface area contributed by atoms with E-state index in [0.29, 0.717) is 24.1 Å². The van der Waals surface area contributed by atoms with Crippen molar-refractivity contribution in [2.45, 2.75) is 25.2 Å². The molecule has 17 heavy (non-hydrogen) atoms. The fourth-order valence-electron chi connectivity index (χ4n) is 1.96. The lowest BCUT2D eigenvalue weighted by molar-refractivity contribution is 0.200. The molecule has 1 fully saturated rings. The van der Waals surface area contributed by atoms with Crippen LogP contribution >= 0.6 is 22.9 Å². The van der Waals surface area contributed by atoms with Crippen LogP contribution in [-0.4, -0.2) is 23.7 Å². The van der Waals surface area contributed by atoms with E-state index in [1.807, 2.05) is 0 Å². The molecule has 1 aliphatic rings. The maximum absolute atomic E-state index is 6.27. The van der Waals surface area contributed by atoms with Gasteiger partial charge in [-0.1, -0.05) is 11.6 Å². The summed E-state index contributed by atoms with van der Waals surface area (Å²) in [5, 5.41) is 3.85. The summed E-state index contributed by atoms with van der Waals surface area (Å²) in [6, 6.07) is 0. The van der Waals surface area contributed by atoms with Gasteiger partial charge in [-0.25, -0.2) is 9.97 Å². The molecule has 0 saturated heterocycles. The van der Waals surface area contributed by atoms with E-state index in [1.54, 1.807) is 18.4 Å². The summed E-state index contributed by atoms with van der Waals surface area (Å²) >= 11 is 7.94. The van der Waals surface area contributed by atoms with Gasteiger partial charge in [-0.3, -0.25) is 0 Å². The molecule has 0 spiro atoms. The molecular formula is C12H13ClN2OS. The van der Waals surface area contributed by atoms with Crippen LogP contribution in [0, 0.1) is 0 Å². The Morgan fingerprint density at radius 1 is 1.47 bits per heavy atom. The minimum atomic E-state index is 0.601. The van der Waals surface area contributed by atoms with Crippen LogP contribution in [-0.2, 0) is 11.2 Å². The van der Waals surface area contributed by atoms with Gasteiger partial charge in [0.25, 0.3) is 0 Å². The molecule has 2 aromatic rings. The summed E-state index contributed by atoms with van der Waals surface area (Å²) in [5.74, 6) is 1.46. The van der Waals surface area contributed by atoms with Gasteiger partial charge in [0.05, 0.1) is 12.0 Å². The van der Waals surface area contributed by atoms with Crippen LogP contribution in [0.3, 0.4) is 0 Å². The van der Waals surface area contributed by atoms with Crippen LogP contribution in [0.15, 0.2) is 5.38 Å². The van der Waals surface area contributed by atoms with Crippen molar-refractivity contribution in [2.24, 2.45) is 0 Å². The lowest BCUT2D eigenvalue weighted by Crippen LogP contribution is -2.01. The number of aromatic nitrogens is 2. The number of nitrogens with zero attached hydrogens (tertiary/aromatic N) is 2. The predicted molar refractivity (Wildman–Crippen MR) is 70.0 cm³/mol. The largest absolute Gasteiger partial charge is 0.384 e. The fraction of sp³-hybridized carbons (Fsp3) is 0.500. The molecule has 90 valence electrons. The van der Waals surface area contributed by atoms with E-state index in [-0.39, 0.29) is 0 Å². The first kappa shape index (κ1) is 11.4. The highest BCUT2D eigenvalue weighted by Gasteiger charge is 2.28. The number of rotatable bonds is 4. The number of halogens is 1. The number of hydrogen-bond acceptors (Lipinski definition) is 4. The topological polar surface area (TPSA) is 35.0 Å². The molecule has 0 amide bonds. The first-order chi connectivity index (χ1) is 8.29. The summed E-state index contributed by atoms with van der Waals surface area (Å²) in [6.45, 7) is 0.628. The Morgan fingerprint density at radius 3 is 3.00 bits per heavy atom. The van der Waals surface area contributed by atoms with Crippen molar-refractivity contribution >= 4 is 33.2 Å². The molecule has 0 unspecified atom stereocenters. The first-order valence-corrected chi connectivity index (χ1v) is 6.98. The maximum Gasteiger partial charge on any atom is 0.141 e. The first-order valence-electron chi connectivity index (χ1n) is 5.72. The van der Waals surface area contributed by atoms with Gasteiger partial charge in [-0.15, -0.1) is 11.3 Å². The van der Waals surface area contributed by atoms with Gasteiger partial charge in [0.1, 0.15) is 15.8 Å². The van der Waals surface area contributed by atoms with Crippen LogP contribution in [0.4, 0.5) is 0 Å². The number of ether oxygens (including phenoxy) is 1. The van der Waals surface area contributed by atoms with E-state index in [4.69, 9.17) is 16.3 Å². The average molecular weight is 269 g/mol. The van der Waals surface area contributed by atoms with E-state index in [9.17, 15) is 0 Å². The highest BCUT2D eigenvalue weighted by molar-refractivity contribution is 7.17. The Labute approximate surface area is 109 Å². The molecule has 2 aromatic heterocycles. The van der Waals surface area contributed by atoms with E-state index in [1.165, 1.54) is 18.4 Å². The summed E-state index contributed by atoms with van der Waals surface area (Å²) in [6.07, 6.45) is 3.25. The molecule has 3 rings (SSSR count). The zero-order valence-corrected chi connectivity index (χ0v) is 11.1. The van der Waals surface area contributed by atoms with Crippen molar-refractivity contribution in [3.63, 3.8) is 0 Å². The Bertz CT molecular complexity index is 551. The Hall–Kier alpha value is -0.710. The van der Waals surface area contributed by atoms with E-state index in [0.717, 1.165) is 16.0 Å². The second kappa shape index (κ2) is 4.52. The number of thiophene rings is 1. The molecule has 3 nitrogen and oxygen atoms in total. The zero-order chi connectivity index (χ0) is 11.8. The van der Waals surface area contributed by atoms with Gasteiger partial charge in [-0.2, -0.15) is 0 Å². The van der Waals surface area contributed by atoms with Crippen molar-refractivity contribution in [1.29, 1.82) is 0 Å². The Morgan fingerprint density at radius 2 is 2.29 bits per heavy atom. The maximum atomic E-state index is 6.27. The molecule has 1 saturated carbocycles. The second-order valence-corrected chi connectivity index (χ2v) is 5.54. The number of hydrogen-bond donors (Lipinski definition) is 0. The monoisotopic (exact) mass is 268 g/mol. The molecule has 0 aromatic carbocycles. The van der Waals surface area contributed by atoms with Crippen LogP contribution < -0.4 is 0 Å². The lowest BCUT2D eigenvalue weighted by Gasteiger charge is -2.02. The quantitative estimate of drug-likeness (QED) is 0.797. The average Bonchev–Trinajstić information content (AvgIpc) is 3.07. The highest BCUT2D eigenvalue weighted by Crippen LogP contribution is 2.46. The van der Waals surface area contributed by atoms with Crippen molar-refractivity contribution in [3.8, 4) is 0 Å². The van der Waals surface area contributed by atoms with Crippen molar-refractivity contribution in [3.05, 3.63) is 21.9 Å². The third-order valence-corrected chi connectivity index (χ3v) is 4.18. The minimum absolute atomic E-state index is 0.601. The highest BCUT2D eigenvalue weighted by atomic mass is 35.5. The van der Waals surface area contributed by atoms with E-state index in [2.05, 4.69) is 15.3 Å². The van der Waals surface area contributed by atoms with Crippen molar-refractivity contribution in [2.75, 3.05) is 13.7 Å². The van der Waals surface area contributed by atoms with Crippen molar-refractivity contribution < 1.29 is 4.74 Å². The van der Waals surface area contributed by atoms with E-state index < -0.39 is 0 Å². The Kier molecular flexibility index (Phi) is 3.03. The number of fused-ring (bicyclic) bond motifs is 1. The Balaban J connectivity index is 2.02. The van der Waals surface area contributed by atoms with Gasteiger partial charge in [0.2, 0.25) is 0 Å². The predicted octanol–water partition coefficient (Wildman–Crippen LogP) is 3.41. The molecule has 0 aliphatic heterocycles. The summed E-state index contributed by atoms with van der Waals surface area (Å²) in [7, 11) is 1.68. The van der Waals surface area contributed by atoms with Gasteiger partial charge in [0.15, 0.2) is 0 Å². The molecule has 5 heteroatoms. The zero-order valence-electron chi connectivity index (χ0n) is 9.57. The molecule has 1 aliphatic carbocycles. The summed E-state index contributed by atoms with van der Waals surface area (Å²) in [4.78, 5) is 9.92. The van der Waals surface area contributed by atoms with Crippen LogP contribution in [0.5, 0.6) is 0 Å². The van der Waals surface area contributed by atoms with Crippen LogP contribution in [0.2, 0.25) is 5.15 Å². The standard InChI is InChI=1S/C12H13ClN2OS/c1-16-5-4-9-14-11(13)10-8(7-2-3-7)6-17-12(10)15-9/h6-7H,2-5H2,1H3. The molecule has 0 atom stereocenters. The molecule has 0 radical (unpaired) electrons. The molecule has 2 heterocycles.